The number of benzene rings is 2. The van der Waals surface area contributed by atoms with Crippen molar-refractivity contribution in [2.75, 3.05) is 26.8 Å². The molecule has 0 aromatic heterocycles. The van der Waals surface area contributed by atoms with Crippen molar-refractivity contribution in [3.8, 4) is 5.75 Å². The summed E-state index contributed by atoms with van der Waals surface area (Å²) in [7, 11) is 1.35. The Hall–Kier alpha value is -2.37. The van der Waals surface area contributed by atoms with Crippen LogP contribution in [0.25, 0.3) is 0 Å². The Labute approximate surface area is 167 Å². The SMILES string of the molecule is COC(=O)COc1ccc(CN2C[C@@H](c3ccccc3)O[C@@H](C(C)C)C2)cc1. The number of carbonyl (C=O) groups excluding carboxylic acids is 1. The molecule has 5 heteroatoms. The maximum absolute atomic E-state index is 11.2. The fraction of sp³-hybridized carbons (Fsp3) is 0.435. The van der Waals surface area contributed by atoms with E-state index in [9.17, 15) is 4.79 Å². The van der Waals surface area contributed by atoms with Crippen LogP contribution in [-0.4, -0.2) is 43.8 Å². The lowest BCUT2D eigenvalue weighted by Gasteiger charge is -2.40. The van der Waals surface area contributed by atoms with Crippen LogP contribution in [0.3, 0.4) is 0 Å². The van der Waals surface area contributed by atoms with E-state index in [0.717, 1.165) is 19.6 Å². The molecule has 0 unspecified atom stereocenters. The Bertz CT molecular complexity index is 745. The van der Waals surface area contributed by atoms with Gasteiger partial charge in [0.05, 0.1) is 19.3 Å². The number of hydrogen-bond donors (Lipinski definition) is 0. The second-order valence-corrected chi connectivity index (χ2v) is 7.52. The van der Waals surface area contributed by atoms with Crippen LogP contribution < -0.4 is 4.74 Å². The van der Waals surface area contributed by atoms with Crippen LogP contribution in [0.2, 0.25) is 0 Å². The van der Waals surface area contributed by atoms with Gasteiger partial charge in [0.25, 0.3) is 0 Å². The maximum atomic E-state index is 11.2. The van der Waals surface area contributed by atoms with Crippen LogP contribution in [0.15, 0.2) is 54.6 Å². The van der Waals surface area contributed by atoms with Crippen molar-refractivity contribution in [3.63, 3.8) is 0 Å². The lowest BCUT2D eigenvalue weighted by molar-refractivity contribution is -0.142. The molecule has 1 fully saturated rings. The van der Waals surface area contributed by atoms with E-state index in [2.05, 4.69) is 47.7 Å². The summed E-state index contributed by atoms with van der Waals surface area (Å²) in [5.74, 6) is 0.741. The molecular formula is C23H29NO4. The Morgan fingerprint density at radius 1 is 1.11 bits per heavy atom. The van der Waals surface area contributed by atoms with Crippen molar-refractivity contribution in [3.05, 3.63) is 65.7 Å². The largest absolute Gasteiger partial charge is 0.482 e. The minimum absolute atomic E-state index is 0.0753. The normalized spacial score (nSPS) is 20.1. The molecule has 150 valence electrons. The molecule has 0 spiro atoms. The molecule has 1 aliphatic heterocycles. The third-order valence-electron chi connectivity index (χ3n) is 5.03. The third kappa shape index (κ3) is 5.57. The summed E-state index contributed by atoms with van der Waals surface area (Å²) in [6.45, 7) is 6.99. The van der Waals surface area contributed by atoms with E-state index in [0.29, 0.717) is 11.7 Å². The highest BCUT2D eigenvalue weighted by atomic mass is 16.6. The topological polar surface area (TPSA) is 48.0 Å². The molecule has 3 rings (SSSR count). The number of ether oxygens (including phenoxy) is 3. The Morgan fingerprint density at radius 3 is 2.46 bits per heavy atom. The van der Waals surface area contributed by atoms with Crippen LogP contribution in [0, 0.1) is 5.92 Å². The van der Waals surface area contributed by atoms with Crippen molar-refractivity contribution in [1.82, 2.24) is 4.90 Å². The van der Waals surface area contributed by atoms with Gasteiger partial charge in [-0.25, -0.2) is 4.79 Å². The minimum atomic E-state index is -0.385. The molecule has 0 aliphatic carbocycles. The van der Waals surface area contributed by atoms with Crippen molar-refractivity contribution in [1.29, 1.82) is 0 Å². The molecule has 2 aromatic carbocycles. The van der Waals surface area contributed by atoms with E-state index in [-0.39, 0.29) is 24.8 Å². The molecule has 0 amide bonds. The van der Waals surface area contributed by atoms with Gasteiger partial charge in [0.1, 0.15) is 5.75 Å². The predicted molar refractivity (Wildman–Crippen MR) is 108 cm³/mol. The zero-order chi connectivity index (χ0) is 19.9. The summed E-state index contributed by atoms with van der Waals surface area (Å²) in [5, 5.41) is 0. The third-order valence-corrected chi connectivity index (χ3v) is 5.03. The zero-order valence-corrected chi connectivity index (χ0v) is 16.8. The van der Waals surface area contributed by atoms with Crippen molar-refractivity contribution in [2.45, 2.75) is 32.6 Å². The molecule has 2 aromatic rings. The van der Waals surface area contributed by atoms with E-state index in [1.807, 2.05) is 30.3 Å². The van der Waals surface area contributed by atoms with Crippen LogP contribution in [0.4, 0.5) is 0 Å². The summed E-state index contributed by atoms with van der Waals surface area (Å²) in [5.41, 5.74) is 2.44. The number of methoxy groups -OCH3 is 1. The van der Waals surface area contributed by atoms with Gasteiger partial charge in [-0.3, -0.25) is 4.90 Å². The van der Waals surface area contributed by atoms with Gasteiger partial charge < -0.3 is 14.2 Å². The van der Waals surface area contributed by atoms with E-state index in [1.54, 1.807) is 0 Å². The predicted octanol–water partition coefficient (Wildman–Crippen LogP) is 3.84. The zero-order valence-electron chi connectivity index (χ0n) is 16.8. The lowest BCUT2D eigenvalue weighted by Crippen LogP contribution is -2.45. The van der Waals surface area contributed by atoms with Gasteiger partial charge in [-0.1, -0.05) is 56.3 Å². The number of esters is 1. The Kier molecular flexibility index (Phi) is 7.06. The van der Waals surface area contributed by atoms with Gasteiger partial charge in [-0.05, 0) is 29.2 Å². The first-order valence-electron chi connectivity index (χ1n) is 9.76. The van der Waals surface area contributed by atoms with Crippen molar-refractivity contribution in [2.24, 2.45) is 5.92 Å². The number of nitrogens with zero attached hydrogens (tertiary/aromatic N) is 1. The van der Waals surface area contributed by atoms with Crippen LogP contribution in [-0.2, 0) is 20.8 Å². The summed E-state index contributed by atoms with van der Waals surface area (Å²) in [6.07, 6.45) is 0.298. The van der Waals surface area contributed by atoms with Crippen molar-refractivity contribution < 1.29 is 19.0 Å². The summed E-state index contributed by atoms with van der Waals surface area (Å²) < 4.78 is 16.4. The van der Waals surface area contributed by atoms with Gasteiger partial charge in [-0.15, -0.1) is 0 Å². The molecule has 0 saturated carbocycles. The molecule has 5 nitrogen and oxygen atoms in total. The van der Waals surface area contributed by atoms with Gasteiger partial charge in [0.2, 0.25) is 0 Å². The van der Waals surface area contributed by atoms with E-state index < -0.39 is 0 Å². The van der Waals surface area contributed by atoms with Crippen LogP contribution in [0.5, 0.6) is 5.75 Å². The van der Waals surface area contributed by atoms with E-state index in [1.165, 1.54) is 18.2 Å². The monoisotopic (exact) mass is 383 g/mol. The van der Waals surface area contributed by atoms with E-state index >= 15 is 0 Å². The number of hydrogen-bond acceptors (Lipinski definition) is 5. The fourth-order valence-corrected chi connectivity index (χ4v) is 3.36. The summed E-state index contributed by atoms with van der Waals surface area (Å²) >= 11 is 0. The minimum Gasteiger partial charge on any atom is -0.482 e. The second kappa shape index (κ2) is 9.71. The smallest absolute Gasteiger partial charge is 0.343 e. The molecule has 0 bridgehead atoms. The first-order chi connectivity index (χ1) is 13.5. The summed E-state index contributed by atoms with van der Waals surface area (Å²) in [6, 6.07) is 18.3. The molecule has 2 atom stereocenters. The summed E-state index contributed by atoms with van der Waals surface area (Å²) in [4.78, 5) is 13.6. The van der Waals surface area contributed by atoms with Gasteiger partial charge in [-0.2, -0.15) is 0 Å². The number of carbonyl (C=O) groups is 1. The average molecular weight is 383 g/mol. The molecule has 28 heavy (non-hydrogen) atoms. The Balaban J connectivity index is 1.64. The quantitative estimate of drug-likeness (QED) is 0.680. The van der Waals surface area contributed by atoms with Gasteiger partial charge >= 0.3 is 5.97 Å². The lowest BCUT2D eigenvalue weighted by atomic mass is 10.0. The molecule has 1 saturated heterocycles. The number of rotatable bonds is 7. The van der Waals surface area contributed by atoms with Crippen LogP contribution >= 0.6 is 0 Å². The highest BCUT2D eigenvalue weighted by molar-refractivity contribution is 5.70. The first-order valence-corrected chi connectivity index (χ1v) is 9.76. The second-order valence-electron chi connectivity index (χ2n) is 7.52. The standard InChI is InChI=1S/C23H29NO4/c1-17(2)21-14-24(15-22(28-21)19-7-5-4-6-8-19)13-18-9-11-20(12-10-18)27-16-23(25)26-3/h4-12,17,21-22H,13-16H2,1-3H3/t21-,22+/m1/s1. The molecule has 0 N–H and O–H groups in total. The van der Waals surface area contributed by atoms with E-state index in [4.69, 9.17) is 9.47 Å². The van der Waals surface area contributed by atoms with Gasteiger partial charge in [0.15, 0.2) is 6.61 Å². The number of morpholine rings is 1. The average Bonchev–Trinajstić information content (AvgIpc) is 2.73. The van der Waals surface area contributed by atoms with Gasteiger partial charge in [0, 0.05) is 19.6 Å². The highest BCUT2D eigenvalue weighted by Gasteiger charge is 2.30. The Morgan fingerprint density at radius 2 is 1.82 bits per heavy atom. The molecule has 0 radical (unpaired) electrons. The highest BCUT2D eigenvalue weighted by Crippen LogP contribution is 2.29. The maximum Gasteiger partial charge on any atom is 0.343 e. The first kappa shape index (κ1) is 20.4. The fourth-order valence-electron chi connectivity index (χ4n) is 3.36. The molecule has 1 heterocycles. The van der Waals surface area contributed by atoms with Crippen LogP contribution in [0.1, 0.15) is 31.1 Å². The molecular weight excluding hydrogens is 354 g/mol. The van der Waals surface area contributed by atoms with Crippen molar-refractivity contribution >= 4 is 5.97 Å². The molecule has 1 aliphatic rings.